The van der Waals surface area contributed by atoms with Gasteiger partial charge in [0.1, 0.15) is 0 Å². The average molecular weight is 388 g/mol. The molecule has 90 valence electrons. The van der Waals surface area contributed by atoms with Gasteiger partial charge in [0.2, 0.25) is 0 Å². The minimum atomic E-state index is -0.262. The first-order valence-electron chi connectivity index (χ1n) is 4.38. The van der Waals surface area contributed by atoms with Crippen molar-refractivity contribution >= 4 is 5.71 Å². The Hall–Kier alpha value is -0.382. The standard InChI is InChI=1S/C7H14N2O2.C2H6O.W/c1-5(9-2)6(3-4-10)7(8)11;1-2-3;/h10-11H,3-4,8H2,1-2H3;3H,2H2,1H3;/b7-6+,9-5?;;. The predicted octanol–water partition coefficient (Wildman–Crippen LogP) is 0.184. The average Bonchev–Trinajstić information content (AvgIpc) is 2.14. The molecule has 0 aliphatic carbocycles. The van der Waals surface area contributed by atoms with Gasteiger partial charge in [-0.2, -0.15) is 0 Å². The summed E-state index contributed by atoms with van der Waals surface area (Å²) >= 11 is 0. The van der Waals surface area contributed by atoms with Crippen molar-refractivity contribution in [2.75, 3.05) is 20.3 Å². The molecular weight excluding hydrogens is 368 g/mol. The molecule has 0 saturated carbocycles. The summed E-state index contributed by atoms with van der Waals surface area (Å²) in [5, 5.41) is 25.1. The van der Waals surface area contributed by atoms with E-state index in [9.17, 15) is 0 Å². The number of hydrogen-bond acceptors (Lipinski definition) is 5. The first-order chi connectivity index (χ1) is 6.54. The van der Waals surface area contributed by atoms with Gasteiger partial charge in [-0.15, -0.1) is 0 Å². The number of rotatable bonds is 3. The smallest absolute Gasteiger partial charge is 0.186 e. The second-order valence-corrected chi connectivity index (χ2v) is 2.46. The normalized spacial score (nSPS) is 11.9. The van der Waals surface area contributed by atoms with Crippen molar-refractivity contribution in [2.24, 2.45) is 10.7 Å². The number of aliphatic imine (C=N–C) groups is 1. The minimum Gasteiger partial charge on any atom is -0.495 e. The Bertz CT molecular complexity index is 202. The summed E-state index contributed by atoms with van der Waals surface area (Å²) in [6, 6.07) is 0. The molecule has 0 bridgehead atoms. The Morgan fingerprint density at radius 1 is 1.33 bits per heavy atom. The van der Waals surface area contributed by atoms with Gasteiger partial charge >= 0.3 is 0 Å². The van der Waals surface area contributed by atoms with E-state index in [-0.39, 0.29) is 40.2 Å². The third kappa shape index (κ3) is 11.5. The Morgan fingerprint density at radius 3 is 1.93 bits per heavy atom. The van der Waals surface area contributed by atoms with Gasteiger partial charge in [0.25, 0.3) is 0 Å². The van der Waals surface area contributed by atoms with Gasteiger partial charge < -0.3 is 21.1 Å². The van der Waals surface area contributed by atoms with Crippen molar-refractivity contribution in [1.82, 2.24) is 0 Å². The van der Waals surface area contributed by atoms with Crippen LogP contribution in [0.1, 0.15) is 20.3 Å². The molecule has 0 fully saturated rings. The second-order valence-electron chi connectivity index (χ2n) is 2.46. The monoisotopic (exact) mass is 388 g/mol. The molecule has 0 spiro atoms. The molecule has 0 atom stereocenters. The summed E-state index contributed by atoms with van der Waals surface area (Å²) in [7, 11) is 1.61. The molecule has 0 aliphatic heterocycles. The van der Waals surface area contributed by atoms with Crippen LogP contribution in [-0.2, 0) is 21.1 Å². The quantitative estimate of drug-likeness (QED) is 0.410. The molecule has 0 heterocycles. The van der Waals surface area contributed by atoms with Gasteiger partial charge in [-0.1, -0.05) is 0 Å². The zero-order valence-corrected chi connectivity index (χ0v) is 12.3. The van der Waals surface area contributed by atoms with Gasteiger partial charge in [0.05, 0.1) is 0 Å². The van der Waals surface area contributed by atoms with E-state index in [1.54, 1.807) is 20.9 Å². The summed E-state index contributed by atoms with van der Waals surface area (Å²) < 4.78 is 0. The molecule has 0 aromatic rings. The topological polar surface area (TPSA) is 99.1 Å². The van der Waals surface area contributed by atoms with Crippen molar-refractivity contribution in [3.05, 3.63) is 11.5 Å². The number of hydrogen-bond donors (Lipinski definition) is 4. The SMILES string of the molecule is CCO.CN=C(C)/C(CCO)=C(\N)O.[W]. The fourth-order valence-electron chi connectivity index (χ4n) is 0.741. The molecule has 0 rings (SSSR count). The molecular formula is C9H20N2O3W. The molecule has 5 nitrogen and oxygen atoms in total. The van der Waals surface area contributed by atoms with E-state index in [0.717, 1.165) is 0 Å². The third-order valence-electron chi connectivity index (χ3n) is 1.44. The van der Waals surface area contributed by atoms with Crippen LogP contribution in [0.25, 0.3) is 0 Å². The van der Waals surface area contributed by atoms with Crippen LogP contribution >= 0.6 is 0 Å². The van der Waals surface area contributed by atoms with Crippen molar-refractivity contribution in [2.45, 2.75) is 20.3 Å². The van der Waals surface area contributed by atoms with Crippen LogP contribution in [0, 0.1) is 0 Å². The van der Waals surface area contributed by atoms with Crippen molar-refractivity contribution in [3.8, 4) is 0 Å². The Balaban J connectivity index is -0.000000320. The largest absolute Gasteiger partial charge is 0.495 e. The third-order valence-corrected chi connectivity index (χ3v) is 1.44. The maximum atomic E-state index is 8.91. The Labute approximate surface area is 105 Å². The summed E-state index contributed by atoms with van der Waals surface area (Å²) in [6.07, 6.45) is 0.339. The maximum Gasteiger partial charge on any atom is 0.186 e. The molecule has 0 aromatic carbocycles. The molecule has 6 heteroatoms. The van der Waals surface area contributed by atoms with Crippen LogP contribution in [0.3, 0.4) is 0 Å². The summed E-state index contributed by atoms with van der Waals surface area (Å²) in [4.78, 5) is 3.84. The second kappa shape index (κ2) is 13.6. The molecule has 15 heavy (non-hydrogen) atoms. The molecule has 0 radical (unpaired) electrons. The van der Waals surface area contributed by atoms with Gasteiger partial charge in [-0.25, -0.2) is 0 Å². The van der Waals surface area contributed by atoms with Gasteiger partial charge in [0, 0.05) is 59.0 Å². The van der Waals surface area contributed by atoms with Crippen molar-refractivity contribution < 1.29 is 36.4 Å². The first kappa shape index (κ1) is 20.1. The molecule has 0 unspecified atom stereocenters. The van der Waals surface area contributed by atoms with E-state index >= 15 is 0 Å². The van der Waals surface area contributed by atoms with Gasteiger partial charge in [0.15, 0.2) is 5.88 Å². The predicted molar refractivity (Wildman–Crippen MR) is 57.3 cm³/mol. The molecule has 0 aliphatic rings. The molecule has 0 saturated heterocycles. The van der Waals surface area contributed by atoms with Crippen LogP contribution in [0.4, 0.5) is 0 Å². The number of nitrogens with two attached hydrogens (primary N) is 1. The minimum absolute atomic E-state index is 0. The maximum absolute atomic E-state index is 8.91. The number of nitrogens with zero attached hydrogens (tertiary/aromatic N) is 1. The Kier molecular flexibility index (Phi) is 18.2. The van der Waals surface area contributed by atoms with E-state index in [4.69, 9.17) is 21.1 Å². The molecule has 5 N–H and O–H groups in total. The van der Waals surface area contributed by atoms with Crippen LogP contribution in [-0.4, -0.2) is 41.3 Å². The molecule has 0 amide bonds. The zero-order chi connectivity index (χ0) is 11.6. The van der Waals surface area contributed by atoms with Crippen LogP contribution in [0.5, 0.6) is 0 Å². The first-order valence-corrected chi connectivity index (χ1v) is 4.38. The van der Waals surface area contributed by atoms with Crippen LogP contribution in [0.15, 0.2) is 16.4 Å². The van der Waals surface area contributed by atoms with Crippen LogP contribution in [0.2, 0.25) is 0 Å². The van der Waals surface area contributed by atoms with E-state index in [0.29, 0.717) is 17.7 Å². The number of aliphatic hydroxyl groups excluding tert-OH is 3. The van der Waals surface area contributed by atoms with Crippen molar-refractivity contribution in [3.63, 3.8) is 0 Å². The van der Waals surface area contributed by atoms with E-state index in [1.165, 1.54) is 0 Å². The van der Waals surface area contributed by atoms with Gasteiger partial charge in [-0.3, -0.25) is 4.99 Å². The van der Waals surface area contributed by atoms with E-state index < -0.39 is 0 Å². The Morgan fingerprint density at radius 2 is 1.73 bits per heavy atom. The summed E-state index contributed by atoms with van der Waals surface area (Å²) in [6.45, 7) is 3.62. The summed E-state index contributed by atoms with van der Waals surface area (Å²) in [5.41, 5.74) is 6.30. The van der Waals surface area contributed by atoms with Crippen molar-refractivity contribution in [1.29, 1.82) is 0 Å². The van der Waals surface area contributed by atoms with E-state index in [1.807, 2.05) is 0 Å². The fourth-order valence-corrected chi connectivity index (χ4v) is 0.741. The summed E-state index contributed by atoms with van der Waals surface area (Å²) in [5.74, 6) is -0.262. The fraction of sp³-hybridized carbons (Fsp3) is 0.667. The van der Waals surface area contributed by atoms with Crippen LogP contribution < -0.4 is 5.73 Å². The zero-order valence-electron chi connectivity index (χ0n) is 9.40. The molecule has 0 aromatic heterocycles. The van der Waals surface area contributed by atoms with Gasteiger partial charge in [-0.05, 0) is 13.8 Å². The van der Waals surface area contributed by atoms with E-state index in [2.05, 4.69) is 4.99 Å². The number of aliphatic hydroxyl groups is 3.